The zero-order valence-electron chi connectivity index (χ0n) is 12.3. The lowest BCUT2D eigenvalue weighted by Gasteiger charge is -2.31. The first-order valence-corrected chi connectivity index (χ1v) is 6.92. The molecular weight excluding hydrogens is 272 g/mol. The van der Waals surface area contributed by atoms with E-state index in [0.717, 1.165) is 18.5 Å². The molecule has 0 spiro atoms. The molecule has 0 aliphatic carbocycles. The Kier molecular flexibility index (Phi) is 3.00. The van der Waals surface area contributed by atoms with E-state index in [0.29, 0.717) is 17.9 Å². The van der Waals surface area contributed by atoms with Gasteiger partial charge in [-0.2, -0.15) is 0 Å². The summed E-state index contributed by atoms with van der Waals surface area (Å²) in [5.41, 5.74) is 1.57. The minimum absolute atomic E-state index is 0.0784. The first kappa shape index (κ1) is 13.7. The Bertz CT molecular complexity index is 702. The summed E-state index contributed by atoms with van der Waals surface area (Å²) < 4.78 is 7.02. The van der Waals surface area contributed by atoms with Crippen molar-refractivity contribution >= 4 is 17.4 Å². The second-order valence-corrected chi connectivity index (χ2v) is 6.10. The van der Waals surface area contributed by atoms with Gasteiger partial charge in [0.05, 0.1) is 17.6 Å². The number of hydrogen-bond acceptors (Lipinski definition) is 5. The molecule has 1 aliphatic heterocycles. The zero-order valence-corrected chi connectivity index (χ0v) is 12.3. The number of aromatic nitrogens is 3. The number of anilines is 1. The quantitative estimate of drug-likeness (QED) is 0.804. The molecule has 0 radical (unpaired) electrons. The average Bonchev–Trinajstić information content (AvgIpc) is 2.76. The number of carbonyl (C=O) groups is 1. The van der Waals surface area contributed by atoms with Crippen LogP contribution in [-0.4, -0.2) is 37.9 Å². The predicted octanol–water partition coefficient (Wildman–Crippen LogP) is 2.12. The molecule has 1 amide bonds. The van der Waals surface area contributed by atoms with Gasteiger partial charge in [-0.15, -0.1) is 5.10 Å². The maximum absolute atomic E-state index is 12.3. The number of rotatable bonds is 0. The Balaban J connectivity index is 2.02. The molecule has 0 fully saturated rings. The van der Waals surface area contributed by atoms with E-state index in [1.54, 1.807) is 15.6 Å². The average molecular weight is 290 g/mol. The molecule has 7 heteroatoms. The SMILES string of the molecule is CC(C)(C)OC(=O)N1CCCc2c1cnc1cc(O)nn21. The van der Waals surface area contributed by atoms with E-state index >= 15 is 0 Å². The summed E-state index contributed by atoms with van der Waals surface area (Å²) >= 11 is 0. The minimum atomic E-state index is -0.545. The fourth-order valence-electron chi connectivity index (χ4n) is 2.45. The van der Waals surface area contributed by atoms with Crippen molar-refractivity contribution < 1.29 is 14.6 Å². The van der Waals surface area contributed by atoms with Crippen LogP contribution in [0.5, 0.6) is 5.88 Å². The van der Waals surface area contributed by atoms with Crippen LogP contribution in [0.15, 0.2) is 12.3 Å². The van der Waals surface area contributed by atoms with Crippen LogP contribution >= 0.6 is 0 Å². The summed E-state index contributed by atoms with van der Waals surface area (Å²) in [7, 11) is 0. The molecule has 0 unspecified atom stereocenters. The van der Waals surface area contributed by atoms with Crippen LogP contribution in [0.4, 0.5) is 10.5 Å². The molecular formula is C14H18N4O3. The van der Waals surface area contributed by atoms with E-state index in [1.165, 1.54) is 6.07 Å². The number of hydrogen-bond donors (Lipinski definition) is 1. The lowest BCUT2D eigenvalue weighted by molar-refractivity contribution is 0.0577. The molecule has 0 aromatic carbocycles. The highest BCUT2D eigenvalue weighted by Crippen LogP contribution is 2.29. The van der Waals surface area contributed by atoms with Gasteiger partial charge < -0.3 is 9.84 Å². The third-order valence-electron chi connectivity index (χ3n) is 3.25. The van der Waals surface area contributed by atoms with Crippen LogP contribution in [-0.2, 0) is 11.2 Å². The Hall–Kier alpha value is -2.31. The smallest absolute Gasteiger partial charge is 0.414 e. The second kappa shape index (κ2) is 4.61. The summed E-state index contributed by atoms with van der Waals surface area (Å²) in [6.45, 7) is 6.09. The van der Waals surface area contributed by atoms with E-state index in [1.807, 2.05) is 20.8 Å². The molecule has 2 aromatic rings. The number of aromatic hydroxyl groups is 1. The van der Waals surface area contributed by atoms with Gasteiger partial charge >= 0.3 is 6.09 Å². The number of ether oxygens (including phenoxy) is 1. The Morgan fingerprint density at radius 1 is 1.43 bits per heavy atom. The van der Waals surface area contributed by atoms with Crippen molar-refractivity contribution in [3.8, 4) is 5.88 Å². The molecule has 3 rings (SSSR count). The number of amides is 1. The van der Waals surface area contributed by atoms with E-state index in [-0.39, 0.29) is 12.0 Å². The molecule has 0 saturated heterocycles. The van der Waals surface area contributed by atoms with Crippen molar-refractivity contribution in [2.75, 3.05) is 11.4 Å². The van der Waals surface area contributed by atoms with Crippen molar-refractivity contribution in [1.29, 1.82) is 0 Å². The third-order valence-corrected chi connectivity index (χ3v) is 3.25. The van der Waals surface area contributed by atoms with Crippen LogP contribution in [0.2, 0.25) is 0 Å². The van der Waals surface area contributed by atoms with Gasteiger partial charge in [0, 0.05) is 12.6 Å². The molecule has 21 heavy (non-hydrogen) atoms. The molecule has 0 atom stereocenters. The largest absolute Gasteiger partial charge is 0.492 e. The number of carbonyl (C=O) groups excluding carboxylic acids is 1. The number of fused-ring (bicyclic) bond motifs is 3. The van der Waals surface area contributed by atoms with Gasteiger partial charge in [0.2, 0.25) is 5.88 Å². The summed E-state index contributed by atoms with van der Waals surface area (Å²) in [6.07, 6.45) is 2.83. The zero-order chi connectivity index (χ0) is 15.2. The predicted molar refractivity (Wildman–Crippen MR) is 76.6 cm³/mol. The highest BCUT2D eigenvalue weighted by Gasteiger charge is 2.29. The first-order valence-electron chi connectivity index (χ1n) is 6.92. The van der Waals surface area contributed by atoms with Gasteiger partial charge in [0.15, 0.2) is 5.65 Å². The maximum atomic E-state index is 12.3. The third kappa shape index (κ3) is 2.51. The molecule has 112 valence electrons. The van der Waals surface area contributed by atoms with Crippen molar-refractivity contribution in [2.45, 2.75) is 39.2 Å². The second-order valence-electron chi connectivity index (χ2n) is 6.10. The summed E-state index contributed by atoms with van der Waals surface area (Å²) in [6, 6.07) is 1.49. The summed E-state index contributed by atoms with van der Waals surface area (Å²) in [5, 5.41) is 13.5. The molecule has 0 bridgehead atoms. The molecule has 3 heterocycles. The standard InChI is InChI=1S/C14H18N4O3/c1-14(2,3)21-13(20)17-6-4-5-9-10(17)8-15-11-7-12(19)16-18(9)11/h7-8H,4-6H2,1-3H3,(H,16,19). The lowest BCUT2D eigenvalue weighted by Crippen LogP contribution is -2.40. The molecule has 1 aliphatic rings. The van der Waals surface area contributed by atoms with Gasteiger partial charge in [-0.3, -0.25) is 4.90 Å². The molecule has 7 nitrogen and oxygen atoms in total. The lowest BCUT2D eigenvalue weighted by atomic mass is 10.1. The van der Waals surface area contributed by atoms with E-state index in [4.69, 9.17) is 4.74 Å². The van der Waals surface area contributed by atoms with Crippen molar-refractivity contribution in [2.24, 2.45) is 0 Å². The first-order chi connectivity index (χ1) is 9.85. The van der Waals surface area contributed by atoms with Crippen molar-refractivity contribution in [1.82, 2.24) is 14.6 Å². The minimum Gasteiger partial charge on any atom is -0.492 e. The Morgan fingerprint density at radius 2 is 2.19 bits per heavy atom. The van der Waals surface area contributed by atoms with Gasteiger partial charge in [0.1, 0.15) is 5.60 Å². The van der Waals surface area contributed by atoms with Crippen LogP contribution < -0.4 is 4.90 Å². The fraction of sp³-hybridized carbons (Fsp3) is 0.500. The van der Waals surface area contributed by atoms with Crippen LogP contribution in [0.1, 0.15) is 32.9 Å². The van der Waals surface area contributed by atoms with E-state index in [2.05, 4.69) is 10.1 Å². The van der Waals surface area contributed by atoms with E-state index in [9.17, 15) is 9.90 Å². The van der Waals surface area contributed by atoms with Crippen LogP contribution in [0.25, 0.3) is 5.65 Å². The normalized spacial score (nSPS) is 15.1. The summed E-state index contributed by atoms with van der Waals surface area (Å²) in [5.74, 6) is -0.0784. The van der Waals surface area contributed by atoms with Gasteiger partial charge in [0.25, 0.3) is 0 Å². The number of nitrogens with zero attached hydrogens (tertiary/aromatic N) is 4. The maximum Gasteiger partial charge on any atom is 0.414 e. The summed E-state index contributed by atoms with van der Waals surface area (Å²) in [4.78, 5) is 18.1. The fourth-order valence-corrected chi connectivity index (χ4v) is 2.45. The monoisotopic (exact) mass is 290 g/mol. The molecule has 0 saturated carbocycles. The van der Waals surface area contributed by atoms with Gasteiger partial charge in [-0.25, -0.2) is 14.3 Å². The van der Waals surface area contributed by atoms with Gasteiger partial charge in [-0.1, -0.05) is 0 Å². The topological polar surface area (TPSA) is 80.0 Å². The van der Waals surface area contributed by atoms with Crippen LogP contribution in [0.3, 0.4) is 0 Å². The Labute approximate surface area is 122 Å². The molecule has 2 aromatic heterocycles. The van der Waals surface area contributed by atoms with Gasteiger partial charge in [-0.05, 0) is 33.6 Å². The molecule has 1 N–H and O–H groups in total. The van der Waals surface area contributed by atoms with E-state index < -0.39 is 5.60 Å². The van der Waals surface area contributed by atoms with Crippen LogP contribution in [0, 0.1) is 0 Å². The van der Waals surface area contributed by atoms with Crippen molar-refractivity contribution in [3.05, 3.63) is 18.0 Å². The Morgan fingerprint density at radius 3 is 2.90 bits per heavy atom. The highest BCUT2D eigenvalue weighted by molar-refractivity contribution is 5.89. The van der Waals surface area contributed by atoms with Crippen molar-refractivity contribution in [3.63, 3.8) is 0 Å². The highest BCUT2D eigenvalue weighted by atomic mass is 16.6. The number of aryl methyl sites for hydroxylation is 1.